The summed E-state index contributed by atoms with van der Waals surface area (Å²) in [5.74, 6) is 1.39. The molecule has 0 fully saturated rings. The van der Waals surface area contributed by atoms with Crippen molar-refractivity contribution < 1.29 is 4.74 Å². The Bertz CT molecular complexity index is 537. The van der Waals surface area contributed by atoms with Crippen LogP contribution >= 0.6 is 0 Å². The van der Waals surface area contributed by atoms with Gasteiger partial charge < -0.3 is 10.5 Å². The number of nitrogens with zero attached hydrogens (tertiary/aromatic N) is 2. The molecule has 0 spiro atoms. The Labute approximate surface area is 113 Å². The molecule has 100 valence electrons. The number of benzene rings is 1. The topological polar surface area (TPSA) is 61.0 Å². The molecule has 1 unspecified atom stereocenters. The molecule has 1 atom stereocenters. The van der Waals surface area contributed by atoms with Crippen molar-refractivity contribution in [1.82, 2.24) is 9.97 Å². The van der Waals surface area contributed by atoms with Crippen molar-refractivity contribution in [3.8, 4) is 5.75 Å². The van der Waals surface area contributed by atoms with Crippen LogP contribution in [0.3, 0.4) is 0 Å². The van der Waals surface area contributed by atoms with Crippen molar-refractivity contribution in [3.05, 3.63) is 53.6 Å². The van der Waals surface area contributed by atoms with Crippen molar-refractivity contribution in [1.29, 1.82) is 0 Å². The maximum absolute atomic E-state index is 6.24. The van der Waals surface area contributed by atoms with E-state index in [-0.39, 0.29) is 12.1 Å². The van der Waals surface area contributed by atoms with Crippen LogP contribution < -0.4 is 10.5 Å². The van der Waals surface area contributed by atoms with E-state index in [1.54, 1.807) is 12.4 Å². The highest BCUT2D eigenvalue weighted by Gasteiger charge is 2.16. The zero-order valence-corrected chi connectivity index (χ0v) is 11.5. The average molecular weight is 257 g/mol. The van der Waals surface area contributed by atoms with E-state index in [1.807, 2.05) is 45.0 Å². The monoisotopic (exact) mass is 257 g/mol. The zero-order chi connectivity index (χ0) is 13.8. The molecule has 1 aromatic carbocycles. The van der Waals surface area contributed by atoms with Gasteiger partial charge in [0.05, 0.1) is 12.1 Å². The van der Waals surface area contributed by atoms with Crippen LogP contribution in [0.1, 0.15) is 36.8 Å². The van der Waals surface area contributed by atoms with E-state index in [2.05, 4.69) is 9.97 Å². The SMILES string of the molecule is Cc1cnc(C(N)c2ccccc2OC(C)C)nc1. The highest BCUT2D eigenvalue weighted by Crippen LogP contribution is 2.27. The quantitative estimate of drug-likeness (QED) is 0.914. The molecule has 4 nitrogen and oxygen atoms in total. The van der Waals surface area contributed by atoms with E-state index < -0.39 is 0 Å². The highest BCUT2D eigenvalue weighted by molar-refractivity contribution is 5.38. The Balaban J connectivity index is 2.32. The average Bonchev–Trinajstić information content (AvgIpc) is 2.39. The first-order chi connectivity index (χ1) is 9.08. The molecule has 0 radical (unpaired) electrons. The summed E-state index contributed by atoms with van der Waals surface area (Å²) in [6.45, 7) is 5.93. The van der Waals surface area contributed by atoms with Gasteiger partial charge in [-0.25, -0.2) is 9.97 Å². The number of hydrogen-bond acceptors (Lipinski definition) is 4. The lowest BCUT2D eigenvalue weighted by Crippen LogP contribution is -2.18. The van der Waals surface area contributed by atoms with Gasteiger partial charge in [-0.05, 0) is 32.4 Å². The molecular formula is C15H19N3O. The smallest absolute Gasteiger partial charge is 0.149 e. The summed E-state index contributed by atoms with van der Waals surface area (Å²) in [7, 11) is 0. The Hall–Kier alpha value is -1.94. The second-order valence-corrected chi connectivity index (χ2v) is 4.80. The molecule has 4 heteroatoms. The van der Waals surface area contributed by atoms with E-state index in [9.17, 15) is 0 Å². The van der Waals surface area contributed by atoms with Crippen molar-refractivity contribution in [2.45, 2.75) is 32.9 Å². The minimum Gasteiger partial charge on any atom is -0.491 e. The lowest BCUT2D eigenvalue weighted by Gasteiger charge is -2.17. The molecule has 0 saturated carbocycles. The number of rotatable bonds is 4. The third kappa shape index (κ3) is 3.29. The summed E-state index contributed by atoms with van der Waals surface area (Å²) in [5.41, 5.74) is 8.16. The molecular weight excluding hydrogens is 238 g/mol. The summed E-state index contributed by atoms with van der Waals surface area (Å²) < 4.78 is 5.78. The fourth-order valence-electron chi connectivity index (χ4n) is 1.80. The molecule has 1 heterocycles. The summed E-state index contributed by atoms with van der Waals surface area (Å²) in [5, 5.41) is 0. The van der Waals surface area contributed by atoms with Crippen molar-refractivity contribution in [2.75, 3.05) is 0 Å². The molecule has 19 heavy (non-hydrogen) atoms. The maximum Gasteiger partial charge on any atom is 0.149 e. The van der Waals surface area contributed by atoms with Crippen LogP contribution in [0.4, 0.5) is 0 Å². The van der Waals surface area contributed by atoms with Gasteiger partial charge in [0.15, 0.2) is 0 Å². The second kappa shape index (κ2) is 5.80. The normalized spacial score (nSPS) is 12.5. The Morgan fingerprint density at radius 1 is 1.11 bits per heavy atom. The summed E-state index contributed by atoms with van der Waals surface area (Å²) in [6.07, 6.45) is 3.65. The minimum atomic E-state index is -0.379. The fourth-order valence-corrected chi connectivity index (χ4v) is 1.80. The number of nitrogens with two attached hydrogens (primary N) is 1. The van der Waals surface area contributed by atoms with Gasteiger partial charge in [0, 0.05) is 18.0 Å². The van der Waals surface area contributed by atoms with Gasteiger partial charge in [-0.1, -0.05) is 18.2 Å². The molecule has 0 aliphatic carbocycles. The first-order valence-corrected chi connectivity index (χ1v) is 6.37. The predicted molar refractivity (Wildman–Crippen MR) is 75.0 cm³/mol. The summed E-state index contributed by atoms with van der Waals surface area (Å²) in [6, 6.07) is 7.37. The molecule has 2 rings (SSSR count). The predicted octanol–water partition coefficient (Wildman–Crippen LogP) is 2.62. The van der Waals surface area contributed by atoms with Crippen LogP contribution in [0.5, 0.6) is 5.75 Å². The van der Waals surface area contributed by atoms with Crippen LogP contribution in [-0.4, -0.2) is 16.1 Å². The number of aromatic nitrogens is 2. The van der Waals surface area contributed by atoms with E-state index in [4.69, 9.17) is 10.5 Å². The Morgan fingerprint density at radius 3 is 2.37 bits per heavy atom. The molecule has 0 saturated heterocycles. The fraction of sp³-hybridized carbons (Fsp3) is 0.333. The Kier molecular flexibility index (Phi) is 4.12. The standard InChI is InChI=1S/C15H19N3O/c1-10(2)19-13-7-5-4-6-12(13)14(16)15-17-8-11(3)9-18-15/h4-10,14H,16H2,1-3H3. The third-order valence-corrected chi connectivity index (χ3v) is 2.70. The zero-order valence-electron chi connectivity index (χ0n) is 11.5. The van der Waals surface area contributed by atoms with Gasteiger partial charge in [0.25, 0.3) is 0 Å². The number of hydrogen-bond donors (Lipinski definition) is 1. The first-order valence-electron chi connectivity index (χ1n) is 6.37. The van der Waals surface area contributed by atoms with E-state index in [0.29, 0.717) is 5.82 Å². The third-order valence-electron chi connectivity index (χ3n) is 2.70. The van der Waals surface area contributed by atoms with Crippen molar-refractivity contribution in [2.24, 2.45) is 5.73 Å². The van der Waals surface area contributed by atoms with Gasteiger partial charge in [-0.2, -0.15) is 0 Å². The highest BCUT2D eigenvalue weighted by atomic mass is 16.5. The maximum atomic E-state index is 6.24. The van der Waals surface area contributed by atoms with Crippen LogP contribution in [0.15, 0.2) is 36.7 Å². The number of ether oxygens (including phenoxy) is 1. The molecule has 0 aliphatic heterocycles. The largest absolute Gasteiger partial charge is 0.491 e. The van der Waals surface area contributed by atoms with Gasteiger partial charge in [0.1, 0.15) is 11.6 Å². The summed E-state index contributed by atoms with van der Waals surface area (Å²) >= 11 is 0. The van der Waals surface area contributed by atoms with Crippen LogP contribution in [0, 0.1) is 6.92 Å². The van der Waals surface area contributed by atoms with E-state index in [0.717, 1.165) is 16.9 Å². The molecule has 0 aliphatic rings. The van der Waals surface area contributed by atoms with Crippen molar-refractivity contribution in [3.63, 3.8) is 0 Å². The first kappa shape index (κ1) is 13.5. The number of para-hydroxylation sites is 1. The van der Waals surface area contributed by atoms with E-state index >= 15 is 0 Å². The van der Waals surface area contributed by atoms with Gasteiger partial charge in [-0.3, -0.25) is 0 Å². The van der Waals surface area contributed by atoms with E-state index in [1.165, 1.54) is 0 Å². The second-order valence-electron chi connectivity index (χ2n) is 4.80. The van der Waals surface area contributed by atoms with Crippen LogP contribution in [0.2, 0.25) is 0 Å². The molecule has 2 N–H and O–H groups in total. The minimum absolute atomic E-state index is 0.104. The molecule has 0 bridgehead atoms. The van der Waals surface area contributed by atoms with Gasteiger partial charge in [-0.15, -0.1) is 0 Å². The van der Waals surface area contributed by atoms with Crippen molar-refractivity contribution >= 4 is 0 Å². The molecule has 0 amide bonds. The van der Waals surface area contributed by atoms with Crippen LogP contribution in [0.25, 0.3) is 0 Å². The molecule has 1 aromatic heterocycles. The lowest BCUT2D eigenvalue weighted by molar-refractivity contribution is 0.239. The van der Waals surface area contributed by atoms with Gasteiger partial charge in [0.2, 0.25) is 0 Å². The lowest BCUT2D eigenvalue weighted by atomic mass is 10.1. The number of aryl methyl sites for hydroxylation is 1. The molecule has 2 aromatic rings. The van der Waals surface area contributed by atoms with Crippen LogP contribution in [-0.2, 0) is 0 Å². The Morgan fingerprint density at radius 2 is 1.74 bits per heavy atom. The van der Waals surface area contributed by atoms with Gasteiger partial charge >= 0.3 is 0 Å². The summed E-state index contributed by atoms with van der Waals surface area (Å²) in [4.78, 5) is 8.57.